The van der Waals surface area contributed by atoms with Gasteiger partial charge in [-0.05, 0) is 51.5 Å². The predicted octanol–water partition coefficient (Wildman–Crippen LogP) is 5.67. The van der Waals surface area contributed by atoms with Gasteiger partial charge in [-0.3, -0.25) is 0 Å². The van der Waals surface area contributed by atoms with Crippen molar-refractivity contribution in [3.63, 3.8) is 0 Å². The summed E-state index contributed by atoms with van der Waals surface area (Å²) in [7, 11) is 0. The number of thiophene rings is 1. The zero-order valence-electron chi connectivity index (χ0n) is 20.7. The van der Waals surface area contributed by atoms with E-state index in [1.54, 1.807) is 33.8 Å². The third-order valence-electron chi connectivity index (χ3n) is 5.33. The van der Waals surface area contributed by atoms with Crippen LogP contribution in [0.1, 0.15) is 40.9 Å². The van der Waals surface area contributed by atoms with E-state index < -0.39 is 29.3 Å². The molecule has 1 aliphatic rings. The third-order valence-corrected chi connectivity index (χ3v) is 6.37. The molecular weight excluding hydrogens is 506 g/mol. The van der Waals surface area contributed by atoms with E-state index in [1.807, 2.05) is 0 Å². The summed E-state index contributed by atoms with van der Waals surface area (Å²) in [6, 6.07) is 6.19. The highest BCUT2D eigenvalue weighted by Crippen LogP contribution is 2.38. The van der Waals surface area contributed by atoms with Crippen LogP contribution < -0.4 is 9.47 Å². The van der Waals surface area contributed by atoms with E-state index in [2.05, 4.69) is 4.98 Å². The second-order valence-corrected chi connectivity index (χ2v) is 10.9. The zero-order chi connectivity index (χ0) is 26.9. The summed E-state index contributed by atoms with van der Waals surface area (Å²) >= 11 is 1.10. The molecule has 2 aromatic heterocycles. The van der Waals surface area contributed by atoms with Gasteiger partial charge >= 0.3 is 12.1 Å². The summed E-state index contributed by atoms with van der Waals surface area (Å²) in [6.07, 6.45) is 0.777. The minimum Gasteiger partial charge on any atom is -0.486 e. The van der Waals surface area contributed by atoms with Crippen molar-refractivity contribution >= 4 is 23.4 Å². The van der Waals surface area contributed by atoms with Crippen LogP contribution in [-0.2, 0) is 11.3 Å². The quantitative estimate of drug-likeness (QED) is 0.419. The number of benzene rings is 1. The highest BCUT2D eigenvalue weighted by Gasteiger charge is 2.35. The number of amides is 1. The fourth-order valence-electron chi connectivity index (χ4n) is 3.66. The second-order valence-electron chi connectivity index (χ2n) is 9.59. The number of carbonyl (C=O) groups excluding carboxylic acids is 1. The first-order valence-electron chi connectivity index (χ1n) is 11.4. The number of carbonyl (C=O) groups is 2. The van der Waals surface area contributed by atoms with Crippen molar-refractivity contribution in [2.75, 3.05) is 13.1 Å². The molecule has 0 bridgehead atoms. The third kappa shape index (κ3) is 6.53. The zero-order valence-corrected chi connectivity index (χ0v) is 21.5. The molecule has 0 aliphatic carbocycles. The van der Waals surface area contributed by atoms with E-state index in [4.69, 9.17) is 14.2 Å². The van der Waals surface area contributed by atoms with Gasteiger partial charge in [-0.1, -0.05) is 0 Å². The van der Waals surface area contributed by atoms with Gasteiger partial charge in [0.1, 0.15) is 52.0 Å². The van der Waals surface area contributed by atoms with E-state index in [0.717, 1.165) is 29.5 Å². The largest absolute Gasteiger partial charge is 0.486 e. The van der Waals surface area contributed by atoms with E-state index in [1.165, 1.54) is 17.2 Å². The molecular formula is C26H26F2N2O6S. The Morgan fingerprint density at radius 2 is 1.81 bits per heavy atom. The first kappa shape index (κ1) is 26.3. The lowest BCUT2D eigenvalue weighted by atomic mass is 10.1. The lowest BCUT2D eigenvalue weighted by Gasteiger charge is -2.39. The Hall–Kier alpha value is -3.73. The lowest BCUT2D eigenvalue weighted by molar-refractivity contribution is -0.0222. The van der Waals surface area contributed by atoms with Crippen LogP contribution in [0.4, 0.5) is 13.6 Å². The Kier molecular flexibility index (Phi) is 7.35. The fraction of sp³-hybridized carbons (Fsp3) is 0.346. The van der Waals surface area contributed by atoms with Gasteiger partial charge < -0.3 is 24.2 Å². The molecule has 0 atom stereocenters. The van der Waals surface area contributed by atoms with Gasteiger partial charge in [0.2, 0.25) is 0 Å². The number of aromatic nitrogens is 1. The van der Waals surface area contributed by atoms with Crippen molar-refractivity contribution in [1.29, 1.82) is 0 Å². The van der Waals surface area contributed by atoms with Crippen molar-refractivity contribution in [3.8, 4) is 22.8 Å². The van der Waals surface area contributed by atoms with Crippen molar-refractivity contribution in [3.05, 3.63) is 63.5 Å². The number of carboxylic acid groups (broad SMARTS) is 1. The van der Waals surface area contributed by atoms with Gasteiger partial charge in [0, 0.05) is 22.6 Å². The molecule has 37 heavy (non-hydrogen) atoms. The molecule has 1 aromatic carbocycles. The van der Waals surface area contributed by atoms with Crippen molar-refractivity contribution in [2.24, 2.45) is 0 Å². The average Bonchev–Trinajstić information content (AvgIpc) is 3.14. The summed E-state index contributed by atoms with van der Waals surface area (Å²) in [5.74, 6) is -1.90. The van der Waals surface area contributed by atoms with Crippen molar-refractivity contribution < 1.29 is 37.7 Å². The number of nitrogens with zero attached hydrogens (tertiary/aromatic N) is 2. The maximum absolute atomic E-state index is 13.6. The normalized spacial score (nSPS) is 13.7. The number of hydrogen-bond donors (Lipinski definition) is 1. The van der Waals surface area contributed by atoms with Crippen LogP contribution in [0.3, 0.4) is 0 Å². The maximum atomic E-state index is 13.6. The molecule has 11 heteroatoms. The Morgan fingerprint density at radius 1 is 1.14 bits per heavy atom. The van der Waals surface area contributed by atoms with Crippen LogP contribution in [0.5, 0.6) is 11.5 Å². The number of rotatable bonds is 7. The molecule has 1 N–H and O–H groups in total. The lowest BCUT2D eigenvalue weighted by Crippen LogP contribution is -2.57. The molecule has 0 spiro atoms. The second kappa shape index (κ2) is 10.3. The number of pyridine rings is 1. The molecule has 1 fully saturated rings. The summed E-state index contributed by atoms with van der Waals surface area (Å²) < 4.78 is 44.5. The average molecular weight is 533 g/mol. The minimum atomic E-state index is -1.06. The molecule has 3 aromatic rings. The monoisotopic (exact) mass is 532 g/mol. The Morgan fingerprint density at radius 3 is 2.41 bits per heavy atom. The Bertz CT molecular complexity index is 1310. The van der Waals surface area contributed by atoms with Gasteiger partial charge in [0.05, 0.1) is 19.3 Å². The van der Waals surface area contributed by atoms with E-state index in [-0.39, 0.29) is 28.9 Å². The molecule has 8 nitrogen and oxygen atoms in total. The smallest absolute Gasteiger partial charge is 0.410 e. The first-order chi connectivity index (χ1) is 17.4. The number of halogens is 2. The Labute approximate surface area is 216 Å². The highest BCUT2D eigenvalue weighted by molar-refractivity contribution is 7.14. The summed E-state index contributed by atoms with van der Waals surface area (Å²) in [5, 5.41) is 9.37. The summed E-state index contributed by atoms with van der Waals surface area (Å²) in [6.45, 7) is 7.66. The standard InChI is InChI=1S/C26H26F2N2O6S/c1-14-20(9-22(37-14)24(31)32)23-21(34-13-15-5-16(27)7-17(28)6-15)8-18(10-29-23)35-19-11-30(12-19)25(33)36-26(2,3)4/h5-10,19H,11-13H2,1-4H3,(H,31,32). The van der Waals surface area contributed by atoms with Crippen LogP contribution in [0, 0.1) is 18.6 Å². The topological polar surface area (TPSA) is 98.2 Å². The van der Waals surface area contributed by atoms with Crippen molar-refractivity contribution in [2.45, 2.75) is 46.0 Å². The molecule has 0 unspecified atom stereocenters. The molecule has 3 heterocycles. The van der Waals surface area contributed by atoms with Gasteiger partial charge in [-0.15, -0.1) is 11.3 Å². The number of carboxylic acids is 1. The molecule has 1 saturated heterocycles. The fourth-order valence-corrected chi connectivity index (χ4v) is 4.52. The highest BCUT2D eigenvalue weighted by atomic mass is 32.1. The maximum Gasteiger partial charge on any atom is 0.410 e. The van der Waals surface area contributed by atoms with Crippen LogP contribution in [0.25, 0.3) is 11.3 Å². The van der Waals surface area contributed by atoms with Crippen LogP contribution in [0.15, 0.2) is 36.5 Å². The molecule has 1 aliphatic heterocycles. The van der Waals surface area contributed by atoms with Crippen LogP contribution in [0.2, 0.25) is 0 Å². The van der Waals surface area contributed by atoms with E-state index in [9.17, 15) is 23.5 Å². The first-order valence-corrected chi connectivity index (χ1v) is 12.3. The van der Waals surface area contributed by atoms with Gasteiger partial charge in [-0.25, -0.2) is 23.4 Å². The number of aryl methyl sites for hydroxylation is 1. The number of ether oxygens (including phenoxy) is 3. The van der Waals surface area contributed by atoms with Crippen LogP contribution in [-0.4, -0.2) is 51.8 Å². The molecule has 1 amide bonds. The predicted molar refractivity (Wildman–Crippen MR) is 132 cm³/mol. The van der Waals surface area contributed by atoms with E-state index in [0.29, 0.717) is 35.0 Å². The van der Waals surface area contributed by atoms with Crippen molar-refractivity contribution in [1.82, 2.24) is 9.88 Å². The number of likely N-dealkylation sites (tertiary alicyclic amines) is 1. The minimum absolute atomic E-state index is 0.143. The Balaban J connectivity index is 1.54. The summed E-state index contributed by atoms with van der Waals surface area (Å²) in [4.78, 5) is 30.5. The molecule has 0 saturated carbocycles. The number of aromatic carboxylic acids is 1. The molecule has 196 valence electrons. The van der Waals surface area contributed by atoms with Gasteiger partial charge in [-0.2, -0.15) is 0 Å². The summed E-state index contributed by atoms with van der Waals surface area (Å²) in [5.41, 5.74) is 0.610. The van der Waals surface area contributed by atoms with Gasteiger partial charge in [0.15, 0.2) is 0 Å². The number of hydrogen-bond acceptors (Lipinski definition) is 7. The van der Waals surface area contributed by atoms with Crippen LogP contribution >= 0.6 is 11.3 Å². The van der Waals surface area contributed by atoms with E-state index >= 15 is 0 Å². The van der Waals surface area contributed by atoms with Gasteiger partial charge in [0.25, 0.3) is 0 Å². The molecule has 0 radical (unpaired) electrons. The molecule has 4 rings (SSSR count). The SMILES string of the molecule is Cc1sc(C(=O)O)cc1-c1ncc(OC2CN(C(=O)OC(C)(C)C)C2)cc1OCc1cc(F)cc(F)c1.